The van der Waals surface area contributed by atoms with Crippen LogP contribution in [0, 0.1) is 18.2 Å². The van der Waals surface area contributed by atoms with E-state index in [1.165, 1.54) is 17.0 Å². The second-order valence-corrected chi connectivity index (χ2v) is 9.05. The molecule has 3 rings (SSSR count). The van der Waals surface area contributed by atoms with Crippen molar-refractivity contribution in [1.29, 1.82) is 0 Å². The molecule has 30 heavy (non-hydrogen) atoms. The molecule has 1 N–H and O–H groups in total. The molecule has 0 aliphatic carbocycles. The summed E-state index contributed by atoms with van der Waals surface area (Å²) in [6.45, 7) is 6.62. The lowest BCUT2D eigenvalue weighted by molar-refractivity contribution is -0.117. The molecular formula is C23H27F3N2O2. The van der Waals surface area contributed by atoms with E-state index in [0.29, 0.717) is 23.4 Å². The summed E-state index contributed by atoms with van der Waals surface area (Å²) in [5, 5.41) is 2.86. The number of nitrogens with zero attached hydrogens (tertiary/aromatic N) is 1. The molecule has 2 aromatic rings. The average Bonchev–Trinajstić information content (AvgIpc) is 2.72. The molecule has 4 nitrogen and oxygen atoms in total. The van der Waals surface area contributed by atoms with E-state index in [2.05, 4.69) is 5.32 Å². The number of aryl methyl sites for hydroxylation is 1. The minimum Gasteiger partial charge on any atom is -0.485 e. The summed E-state index contributed by atoms with van der Waals surface area (Å²) in [4.78, 5) is 13.9. The van der Waals surface area contributed by atoms with Crippen LogP contribution in [-0.4, -0.2) is 25.0 Å². The number of nitrogens with one attached hydrogen (secondary N) is 1. The Kier molecular flexibility index (Phi) is 6.01. The van der Waals surface area contributed by atoms with Gasteiger partial charge in [-0.1, -0.05) is 32.9 Å². The zero-order chi connectivity index (χ0) is 22.1. The molecule has 1 aliphatic rings. The third-order valence-corrected chi connectivity index (χ3v) is 4.76. The monoisotopic (exact) mass is 420 g/mol. The normalized spacial score (nSPS) is 15.8. The molecule has 0 unspecified atom stereocenters. The summed E-state index contributed by atoms with van der Waals surface area (Å²) >= 11 is 0. The van der Waals surface area contributed by atoms with Crippen molar-refractivity contribution >= 4 is 17.3 Å². The predicted octanol–water partition coefficient (Wildman–Crippen LogP) is 5.54. The fourth-order valence-corrected chi connectivity index (χ4v) is 3.39. The van der Waals surface area contributed by atoms with Crippen LogP contribution in [0.25, 0.3) is 0 Å². The van der Waals surface area contributed by atoms with Crippen LogP contribution in [0.5, 0.6) is 5.75 Å². The quantitative estimate of drug-likeness (QED) is 0.706. The van der Waals surface area contributed by atoms with Gasteiger partial charge in [-0.25, -0.2) is 13.2 Å². The number of ether oxygens (including phenoxy) is 1. The topological polar surface area (TPSA) is 41.6 Å². The van der Waals surface area contributed by atoms with Gasteiger partial charge in [-0.3, -0.25) is 4.79 Å². The Morgan fingerprint density at radius 3 is 2.50 bits per heavy atom. The molecule has 0 aromatic heterocycles. The van der Waals surface area contributed by atoms with Crippen LogP contribution in [0.2, 0.25) is 0 Å². The fraction of sp³-hybridized carbons (Fsp3) is 0.435. The van der Waals surface area contributed by atoms with Gasteiger partial charge in [0.25, 0.3) is 5.92 Å². The molecule has 0 spiro atoms. The van der Waals surface area contributed by atoms with Crippen LogP contribution in [0.3, 0.4) is 0 Å². The van der Waals surface area contributed by atoms with E-state index in [1.807, 2.05) is 27.7 Å². The maximum Gasteiger partial charge on any atom is 0.298 e. The standard InChI is InChI=1S/C23H27F3N2O2/c1-15-9-19-20(10-18(15)27-21(29)11-22(2,3)4)30-14-23(25,26)13-28(19)12-16-5-7-17(24)8-6-16/h5-10H,11-14H2,1-4H3,(H,27,29). The Balaban J connectivity index is 1.91. The maximum absolute atomic E-state index is 14.3. The molecule has 1 heterocycles. The summed E-state index contributed by atoms with van der Waals surface area (Å²) in [5.41, 5.74) is 2.33. The minimum absolute atomic E-state index is 0.146. The molecular weight excluding hydrogens is 393 g/mol. The van der Waals surface area contributed by atoms with Crippen LogP contribution < -0.4 is 15.0 Å². The summed E-state index contributed by atoms with van der Waals surface area (Å²) < 4.78 is 47.3. The maximum atomic E-state index is 14.3. The Hall–Kier alpha value is -2.70. The Morgan fingerprint density at radius 2 is 1.87 bits per heavy atom. The molecule has 0 atom stereocenters. The highest BCUT2D eigenvalue weighted by Gasteiger charge is 2.37. The summed E-state index contributed by atoms with van der Waals surface area (Å²) in [7, 11) is 0. The van der Waals surface area contributed by atoms with Crippen LogP contribution >= 0.6 is 0 Å². The van der Waals surface area contributed by atoms with Crippen LogP contribution in [0.1, 0.15) is 38.3 Å². The largest absolute Gasteiger partial charge is 0.485 e. The highest BCUT2D eigenvalue weighted by molar-refractivity contribution is 5.92. The molecule has 0 saturated heterocycles. The van der Waals surface area contributed by atoms with Gasteiger partial charge in [-0.15, -0.1) is 0 Å². The van der Waals surface area contributed by atoms with Crippen molar-refractivity contribution < 1.29 is 22.7 Å². The summed E-state index contributed by atoms with van der Waals surface area (Å²) in [6, 6.07) is 9.11. The van der Waals surface area contributed by atoms with Crippen LogP contribution in [0.4, 0.5) is 24.5 Å². The van der Waals surface area contributed by atoms with E-state index in [-0.39, 0.29) is 29.4 Å². The van der Waals surface area contributed by atoms with Crippen molar-refractivity contribution in [2.75, 3.05) is 23.4 Å². The summed E-state index contributed by atoms with van der Waals surface area (Å²) in [6.07, 6.45) is 0.332. The molecule has 0 fully saturated rings. The van der Waals surface area contributed by atoms with Gasteiger partial charge in [-0.2, -0.15) is 0 Å². The molecule has 0 bridgehead atoms. The van der Waals surface area contributed by atoms with Gasteiger partial charge in [0.05, 0.1) is 12.2 Å². The lowest BCUT2D eigenvalue weighted by Crippen LogP contribution is -2.38. The van der Waals surface area contributed by atoms with Gasteiger partial charge in [-0.05, 0) is 41.7 Å². The SMILES string of the molecule is Cc1cc2c(cc1NC(=O)CC(C)(C)C)OCC(F)(F)CN2Cc1ccc(F)cc1. The zero-order valence-electron chi connectivity index (χ0n) is 17.7. The Morgan fingerprint density at radius 1 is 1.20 bits per heavy atom. The number of hydrogen-bond acceptors (Lipinski definition) is 3. The van der Waals surface area contributed by atoms with E-state index >= 15 is 0 Å². The first-order chi connectivity index (χ1) is 13.9. The Labute approximate surface area is 175 Å². The van der Waals surface area contributed by atoms with Gasteiger partial charge in [0.2, 0.25) is 5.91 Å². The fourth-order valence-electron chi connectivity index (χ4n) is 3.39. The first-order valence-electron chi connectivity index (χ1n) is 9.86. The van der Waals surface area contributed by atoms with Crippen molar-refractivity contribution in [3.8, 4) is 5.75 Å². The Bertz CT molecular complexity index is 921. The van der Waals surface area contributed by atoms with Gasteiger partial charge in [0.1, 0.15) is 11.6 Å². The number of halogens is 3. The molecule has 0 radical (unpaired) electrons. The van der Waals surface area contributed by atoms with E-state index in [9.17, 15) is 18.0 Å². The predicted molar refractivity (Wildman–Crippen MR) is 112 cm³/mol. The second-order valence-electron chi connectivity index (χ2n) is 9.05. The van der Waals surface area contributed by atoms with Crippen molar-refractivity contribution in [2.24, 2.45) is 5.41 Å². The highest BCUT2D eigenvalue weighted by Crippen LogP contribution is 2.39. The first kappa shape index (κ1) is 22.0. The van der Waals surface area contributed by atoms with E-state index in [0.717, 1.165) is 5.56 Å². The van der Waals surface area contributed by atoms with Crippen LogP contribution in [-0.2, 0) is 11.3 Å². The van der Waals surface area contributed by atoms with Gasteiger partial charge < -0.3 is 15.0 Å². The van der Waals surface area contributed by atoms with E-state index in [4.69, 9.17) is 4.74 Å². The number of rotatable bonds is 4. The zero-order valence-corrected chi connectivity index (χ0v) is 17.7. The minimum atomic E-state index is -3.05. The lowest BCUT2D eigenvalue weighted by atomic mass is 9.92. The number of hydrogen-bond donors (Lipinski definition) is 1. The van der Waals surface area contributed by atoms with E-state index < -0.39 is 19.1 Å². The van der Waals surface area contributed by atoms with Gasteiger partial charge in [0, 0.05) is 24.7 Å². The third-order valence-electron chi connectivity index (χ3n) is 4.76. The number of amides is 1. The molecule has 1 aliphatic heterocycles. The van der Waals surface area contributed by atoms with Gasteiger partial charge >= 0.3 is 0 Å². The summed E-state index contributed by atoms with van der Waals surface area (Å²) in [5.74, 6) is -3.29. The smallest absolute Gasteiger partial charge is 0.298 e. The molecule has 0 saturated carbocycles. The second kappa shape index (κ2) is 8.20. The van der Waals surface area contributed by atoms with Crippen molar-refractivity contribution in [2.45, 2.75) is 46.6 Å². The molecule has 1 amide bonds. The van der Waals surface area contributed by atoms with Crippen molar-refractivity contribution in [3.05, 3.63) is 53.3 Å². The number of benzene rings is 2. The average molecular weight is 420 g/mol. The lowest BCUT2D eigenvalue weighted by Gasteiger charge is -2.27. The van der Waals surface area contributed by atoms with Crippen molar-refractivity contribution in [3.63, 3.8) is 0 Å². The third kappa shape index (κ3) is 5.68. The first-order valence-corrected chi connectivity index (χ1v) is 9.86. The number of carbonyl (C=O) groups is 1. The molecule has 2 aromatic carbocycles. The highest BCUT2D eigenvalue weighted by atomic mass is 19.3. The van der Waals surface area contributed by atoms with Crippen molar-refractivity contribution in [1.82, 2.24) is 0 Å². The van der Waals surface area contributed by atoms with Gasteiger partial charge in [0.15, 0.2) is 6.61 Å². The molecule has 7 heteroatoms. The van der Waals surface area contributed by atoms with E-state index in [1.54, 1.807) is 24.3 Å². The number of alkyl halides is 2. The number of anilines is 2. The number of carbonyl (C=O) groups excluding carboxylic acids is 1. The van der Waals surface area contributed by atoms with Crippen LogP contribution in [0.15, 0.2) is 36.4 Å². The molecule has 162 valence electrons. The number of fused-ring (bicyclic) bond motifs is 1.